The summed E-state index contributed by atoms with van der Waals surface area (Å²) in [6.07, 6.45) is 4.48. The second-order valence-electron chi connectivity index (χ2n) is 4.02. The zero-order valence-corrected chi connectivity index (χ0v) is 9.67. The number of aromatic nitrogens is 2. The van der Waals surface area contributed by atoms with Gasteiger partial charge < -0.3 is 14.7 Å². The second-order valence-corrected chi connectivity index (χ2v) is 4.02. The summed E-state index contributed by atoms with van der Waals surface area (Å²) in [6.45, 7) is 1.42. The van der Waals surface area contributed by atoms with Gasteiger partial charge in [-0.05, 0) is 12.8 Å². The quantitative estimate of drug-likeness (QED) is 0.837. The number of anilines is 1. The first-order valence-electron chi connectivity index (χ1n) is 5.54. The van der Waals surface area contributed by atoms with Crippen LogP contribution in [0.2, 0.25) is 0 Å². The minimum atomic E-state index is -1.00. The number of carbonyl (C=O) groups is 1. The molecule has 6 nitrogen and oxygen atoms in total. The van der Waals surface area contributed by atoms with E-state index in [4.69, 9.17) is 9.84 Å². The Morgan fingerprint density at radius 3 is 2.88 bits per heavy atom. The van der Waals surface area contributed by atoms with Gasteiger partial charge in [-0.3, -0.25) is 0 Å². The van der Waals surface area contributed by atoms with E-state index in [0.29, 0.717) is 19.0 Å². The maximum atomic E-state index is 11.1. The fourth-order valence-corrected chi connectivity index (χ4v) is 2.00. The van der Waals surface area contributed by atoms with Crippen molar-refractivity contribution < 1.29 is 14.6 Å². The summed E-state index contributed by atoms with van der Waals surface area (Å²) in [5.74, 6) is -0.529. The lowest BCUT2D eigenvalue weighted by Crippen LogP contribution is -2.38. The molecule has 2 rings (SSSR count). The molecule has 1 aliphatic rings. The molecule has 0 radical (unpaired) electrons. The van der Waals surface area contributed by atoms with Gasteiger partial charge >= 0.3 is 5.97 Å². The van der Waals surface area contributed by atoms with Crippen LogP contribution < -0.4 is 4.90 Å². The molecule has 1 aromatic rings. The zero-order valence-electron chi connectivity index (χ0n) is 9.67. The molecule has 0 bridgehead atoms. The Balaban J connectivity index is 2.23. The van der Waals surface area contributed by atoms with Gasteiger partial charge in [-0.25, -0.2) is 14.8 Å². The third-order valence-corrected chi connectivity index (χ3v) is 2.99. The first-order chi connectivity index (χ1) is 8.20. The van der Waals surface area contributed by atoms with Crippen LogP contribution in [0.15, 0.2) is 12.5 Å². The van der Waals surface area contributed by atoms with E-state index in [0.717, 1.165) is 12.8 Å². The maximum absolute atomic E-state index is 11.1. The van der Waals surface area contributed by atoms with Crippen molar-refractivity contribution in [3.8, 4) is 0 Å². The van der Waals surface area contributed by atoms with Crippen molar-refractivity contribution in [2.45, 2.75) is 18.9 Å². The molecule has 17 heavy (non-hydrogen) atoms. The highest BCUT2D eigenvalue weighted by Gasteiger charge is 2.23. The van der Waals surface area contributed by atoms with Gasteiger partial charge in [0.1, 0.15) is 17.7 Å². The second kappa shape index (κ2) is 5.09. The van der Waals surface area contributed by atoms with Gasteiger partial charge in [-0.15, -0.1) is 0 Å². The average molecular weight is 237 g/mol. The van der Waals surface area contributed by atoms with Crippen molar-refractivity contribution >= 4 is 11.8 Å². The van der Waals surface area contributed by atoms with Crippen molar-refractivity contribution in [2.75, 3.05) is 25.2 Å². The summed E-state index contributed by atoms with van der Waals surface area (Å²) in [5, 5.41) is 9.08. The molecule has 0 aliphatic carbocycles. The largest absolute Gasteiger partial charge is 0.477 e. The number of rotatable bonds is 3. The van der Waals surface area contributed by atoms with Crippen LogP contribution in [-0.4, -0.2) is 47.3 Å². The molecule has 0 saturated carbocycles. The summed E-state index contributed by atoms with van der Waals surface area (Å²) >= 11 is 0. The van der Waals surface area contributed by atoms with Crippen LogP contribution in [-0.2, 0) is 4.74 Å². The molecule has 0 unspecified atom stereocenters. The Morgan fingerprint density at radius 2 is 2.24 bits per heavy atom. The van der Waals surface area contributed by atoms with Gasteiger partial charge in [0.15, 0.2) is 0 Å². The SMILES string of the molecule is CN(c1ncncc1C(=O)O)C1CCOCC1. The lowest BCUT2D eigenvalue weighted by molar-refractivity contribution is 0.0695. The van der Waals surface area contributed by atoms with E-state index in [-0.39, 0.29) is 11.6 Å². The van der Waals surface area contributed by atoms with Crippen molar-refractivity contribution in [1.82, 2.24) is 9.97 Å². The van der Waals surface area contributed by atoms with Gasteiger partial charge in [0.05, 0.1) is 0 Å². The molecular formula is C11H15N3O3. The molecular weight excluding hydrogens is 222 g/mol. The molecule has 6 heteroatoms. The van der Waals surface area contributed by atoms with Gasteiger partial charge in [0, 0.05) is 32.5 Å². The van der Waals surface area contributed by atoms with E-state index in [2.05, 4.69) is 9.97 Å². The minimum Gasteiger partial charge on any atom is -0.477 e. The van der Waals surface area contributed by atoms with Crippen molar-refractivity contribution in [2.24, 2.45) is 0 Å². The van der Waals surface area contributed by atoms with Gasteiger partial charge in [-0.2, -0.15) is 0 Å². The number of ether oxygens (including phenoxy) is 1. The zero-order chi connectivity index (χ0) is 12.3. The number of aromatic carboxylic acids is 1. The van der Waals surface area contributed by atoms with Gasteiger partial charge in [0.25, 0.3) is 0 Å². The predicted molar refractivity (Wildman–Crippen MR) is 61.2 cm³/mol. The monoisotopic (exact) mass is 237 g/mol. The highest BCUT2D eigenvalue weighted by Crippen LogP contribution is 2.21. The van der Waals surface area contributed by atoms with E-state index in [1.165, 1.54) is 12.5 Å². The van der Waals surface area contributed by atoms with Crippen LogP contribution in [0.5, 0.6) is 0 Å². The number of hydrogen-bond donors (Lipinski definition) is 1. The van der Waals surface area contributed by atoms with Crippen LogP contribution >= 0.6 is 0 Å². The number of carboxylic acid groups (broad SMARTS) is 1. The van der Waals surface area contributed by atoms with Gasteiger partial charge in [0.2, 0.25) is 0 Å². The Kier molecular flexibility index (Phi) is 3.53. The lowest BCUT2D eigenvalue weighted by Gasteiger charge is -2.32. The number of hydrogen-bond acceptors (Lipinski definition) is 5. The van der Waals surface area contributed by atoms with Crippen LogP contribution in [0.25, 0.3) is 0 Å². The molecule has 0 aromatic carbocycles. The van der Waals surface area contributed by atoms with E-state index < -0.39 is 5.97 Å². The summed E-state index contributed by atoms with van der Waals surface area (Å²) in [6, 6.07) is 0.275. The standard InChI is InChI=1S/C11H15N3O3/c1-14(8-2-4-17-5-3-8)10-9(11(15)16)6-12-7-13-10/h6-8H,2-5H2,1H3,(H,15,16). The summed E-state index contributed by atoms with van der Waals surface area (Å²) in [5.41, 5.74) is 0.140. The highest BCUT2D eigenvalue weighted by molar-refractivity contribution is 5.92. The third kappa shape index (κ3) is 2.52. The van der Waals surface area contributed by atoms with Gasteiger partial charge in [-0.1, -0.05) is 0 Å². The molecule has 1 saturated heterocycles. The summed E-state index contributed by atoms with van der Waals surface area (Å²) in [7, 11) is 1.87. The molecule has 1 aliphatic heterocycles. The molecule has 1 N–H and O–H groups in total. The fraction of sp³-hybridized carbons (Fsp3) is 0.545. The Morgan fingerprint density at radius 1 is 1.53 bits per heavy atom. The van der Waals surface area contributed by atoms with E-state index >= 15 is 0 Å². The van der Waals surface area contributed by atoms with Crippen molar-refractivity contribution in [3.05, 3.63) is 18.1 Å². The van der Waals surface area contributed by atoms with E-state index in [1.54, 1.807) is 0 Å². The highest BCUT2D eigenvalue weighted by atomic mass is 16.5. The molecule has 0 spiro atoms. The number of nitrogens with zero attached hydrogens (tertiary/aromatic N) is 3. The molecule has 0 amide bonds. The predicted octanol–water partition coefficient (Wildman–Crippen LogP) is 0.790. The first-order valence-corrected chi connectivity index (χ1v) is 5.54. The molecule has 2 heterocycles. The topological polar surface area (TPSA) is 75.6 Å². The fourth-order valence-electron chi connectivity index (χ4n) is 2.00. The summed E-state index contributed by atoms with van der Waals surface area (Å²) < 4.78 is 5.29. The average Bonchev–Trinajstić information content (AvgIpc) is 2.39. The molecule has 1 aromatic heterocycles. The Labute approximate surface area is 99.2 Å². The van der Waals surface area contributed by atoms with Crippen LogP contribution in [0, 0.1) is 0 Å². The smallest absolute Gasteiger partial charge is 0.341 e. The molecule has 1 fully saturated rings. The maximum Gasteiger partial charge on any atom is 0.341 e. The Hall–Kier alpha value is -1.69. The van der Waals surface area contributed by atoms with Crippen LogP contribution in [0.1, 0.15) is 23.2 Å². The third-order valence-electron chi connectivity index (χ3n) is 2.99. The first kappa shape index (κ1) is 11.8. The minimum absolute atomic E-state index is 0.140. The van der Waals surface area contributed by atoms with E-state index in [1.807, 2.05) is 11.9 Å². The van der Waals surface area contributed by atoms with E-state index in [9.17, 15) is 4.79 Å². The Bertz CT molecular complexity index is 405. The summed E-state index contributed by atoms with van der Waals surface area (Å²) in [4.78, 5) is 20.8. The lowest BCUT2D eigenvalue weighted by atomic mass is 10.1. The van der Waals surface area contributed by atoms with Crippen molar-refractivity contribution in [3.63, 3.8) is 0 Å². The van der Waals surface area contributed by atoms with Crippen molar-refractivity contribution in [1.29, 1.82) is 0 Å². The number of carboxylic acids is 1. The molecule has 0 atom stereocenters. The molecule has 92 valence electrons. The van der Waals surface area contributed by atoms with Crippen LogP contribution in [0.4, 0.5) is 5.82 Å². The van der Waals surface area contributed by atoms with Crippen LogP contribution in [0.3, 0.4) is 0 Å². The normalized spacial score (nSPS) is 16.8.